The zero-order valence-corrected chi connectivity index (χ0v) is 16.3. The molecule has 0 unspecified atom stereocenters. The fourth-order valence-corrected chi connectivity index (χ4v) is 3.79. The Balaban J connectivity index is 1.39. The van der Waals surface area contributed by atoms with Crippen molar-refractivity contribution in [3.63, 3.8) is 0 Å². The first-order valence-electron chi connectivity index (χ1n) is 9.25. The first-order chi connectivity index (χ1) is 13.5. The van der Waals surface area contributed by atoms with Gasteiger partial charge < -0.3 is 14.7 Å². The maximum Gasteiger partial charge on any atom is 0.262 e. The second-order valence-corrected chi connectivity index (χ2v) is 7.53. The van der Waals surface area contributed by atoms with Crippen molar-refractivity contribution in [2.75, 3.05) is 13.1 Å². The minimum Gasteiger partial charge on any atom is -0.442 e. The van der Waals surface area contributed by atoms with E-state index in [1.807, 2.05) is 24.3 Å². The van der Waals surface area contributed by atoms with Crippen molar-refractivity contribution in [3.05, 3.63) is 62.9 Å². The second-order valence-electron chi connectivity index (χ2n) is 7.10. The number of hydrogen-bond donors (Lipinski definition) is 2. The van der Waals surface area contributed by atoms with Crippen LogP contribution in [0.3, 0.4) is 0 Å². The summed E-state index contributed by atoms with van der Waals surface area (Å²) in [7, 11) is 0. The Labute approximate surface area is 166 Å². The Morgan fingerprint density at radius 1 is 1.32 bits per heavy atom. The van der Waals surface area contributed by atoms with Gasteiger partial charge in [0, 0.05) is 30.7 Å². The third-order valence-corrected chi connectivity index (χ3v) is 5.39. The van der Waals surface area contributed by atoms with Crippen LogP contribution < -0.4 is 10.9 Å². The number of furan rings is 1. The summed E-state index contributed by atoms with van der Waals surface area (Å²) in [5, 5.41) is 3.99. The third kappa shape index (κ3) is 3.81. The SMILES string of the molecule is Cc1oc2nc[nH]c(=O)c2c1C(=O)NC1CCN(Cc2ccc(Cl)cc2)CC1. The lowest BCUT2D eigenvalue weighted by molar-refractivity contribution is 0.0909. The van der Waals surface area contributed by atoms with Crippen LogP contribution in [0.5, 0.6) is 0 Å². The van der Waals surface area contributed by atoms with E-state index < -0.39 is 0 Å². The number of aromatic amines is 1. The molecule has 1 fully saturated rings. The summed E-state index contributed by atoms with van der Waals surface area (Å²) in [4.78, 5) is 33.7. The average Bonchev–Trinajstić information content (AvgIpc) is 3.02. The molecule has 0 saturated carbocycles. The molecule has 1 saturated heterocycles. The Hall–Kier alpha value is -2.64. The molecule has 1 amide bonds. The summed E-state index contributed by atoms with van der Waals surface area (Å²) in [6, 6.07) is 7.94. The molecule has 0 spiro atoms. The number of amides is 1. The quantitative estimate of drug-likeness (QED) is 0.702. The number of nitrogens with one attached hydrogen (secondary N) is 2. The molecule has 1 aliphatic heterocycles. The summed E-state index contributed by atoms with van der Waals surface area (Å²) in [6.07, 6.45) is 2.97. The van der Waals surface area contributed by atoms with E-state index in [1.165, 1.54) is 11.9 Å². The molecule has 2 N–H and O–H groups in total. The predicted molar refractivity (Wildman–Crippen MR) is 107 cm³/mol. The highest BCUT2D eigenvalue weighted by atomic mass is 35.5. The molecule has 4 rings (SSSR count). The summed E-state index contributed by atoms with van der Waals surface area (Å²) in [5.41, 5.74) is 1.31. The van der Waals surface area contributed by atoms with Crippen LogP contribution in [-0.4, -0.2) is 39.9 Å². The molecule has 0 radical (unpaired) electrons. The highest BCUT2D eigenvalue weighted by molar-refractivity contribution is 6.30. The second kappa shape index (κ2) is 7.77. The number of H-pyrrole nitrogens is 1. The average molecular weight is 401 g/mol. The van der Waals surface area contributed by atoms with Crippen LogP contribution in [0.4, 0.5) is 0 Å². The number of hydrogen-bond acceptors (Lipinski definition) is 5. The molecule has 0 aliphatic carbocycles. The van der Waals surface area contributed by atoms with Gasteiger partial charge in [0.15, 0.2) is 0 Å². The third-order valence-electron chi connectivity index (χ3n) is 5.14. The van der Waals surface area contributed by atoms with Gasteiger partial charge in [0.25, 0.3) is 11.5 Å². The normalized spacial score (nSPS) is 15.8. The van der Waals surface area contributed by atoms with Crippen LogP contribution in [0.25, 0.3) is 11.1 Å². The van der Waals surface area contributed by atoms with E-state index in [0.29, 0.717) is 5.76 Å². The Morgan fingerprint density at radius 3 is 2.75 bits per heavy atom. The number of rotatable bonds is 4. The number of carbonyl (C=O) groups excluding carboxylic acids is 1. The van der Waals surface area contributed by atoms with Crippen molar-refractivity contribution < 1.29 is 9.21 Å². The number of benzene rings is 1. The maximum atomic E-state index is 12.8. The van der Waals surface area contributed by atoms with Crippen LogP contribution in [0.2, 0.25) is 5.02 Å². The molecule has 28 heavy (non-hydrogen) atoms. The van der Waals surface area contributed by atoms with Gasteiger partial charge in [0.1, 0.15) is 11.1 Å². The van der Waals surface area contributed by atoms with Gasteiger partial charge in [-0.15, -0.1) is 0 Å². The van der Waals surface area contributed by atoms with E-state index in [4.69, 9.17) is 16.0 Å². The van der Waals surface area contributed by atoms with Gasteiger partial charge in [-0.2, -0.15) is 0 Å². The number of likely N-dealkylation sites (tertiary alicyclic amines) is 1. The highest BCUT2D eigenvalue weighted by Gasteiger charge is 2.26. The van der Waals surface area contributed by atoms with E-state index in [9.17, 15) is 9.59 Å². The number of halogens is 1. The minimum atomic E-state index is -0.371. The highest BCUT2D eigenvalue weighted by Crippen LogP contribution is 2.21. The van der Waals surface area contributed by atoms with Crippen LogP contribution in [0.15, 0.2) is 39.8 Å². The van der Waals surface area contributed by atoms with Gasteiger partial charge in [0.2, 0.25) is 5.71 Å². The summed E-state index contributed by atoms with van der Waals surface area (Å²) < 4.78 is 5.47. The molecule has 2 aromatic heterocycles. The smallest absolute Gasteiger partial charge is 0.262 e. The number of aromatic nitrogens is 2. The molecular weight excluding hydrogens is 380 g/mol. The molecule has 0 atom stereocenters. The van der Waals surface area contributed by atoms with Crippen LogP contribution in [0, 0.1) is 6.92 Å². The van der Waals surface area contributed by atoms with Crippen LogP contribution in [-0.2, 0) is 6.54 Å². The number of fused-ring (bicyclic) bond motifs is 1. The molecule has 7 nitrogen and oxygen atoms in total. The first kappa shape index (κ1) is 18.7. The number of nitrogens with zero attached hydrogens (tertiary/aromatic N) is 2. The molecule has 3 heterocycles. The molecule has 1 aromatic carbocycles. The monoisotopic (exact) mass is 400 g/mol. The van der Waals surface area contributed by atoms with Gasteiger partial charge in [-0.05, 0) is 37.5 Å². The summed E-state index contributed by atoms with van der Waals surface area (Å²) in [6.45, 7) is 4.32. The Morgan fingerprint density at radius 2 is 2.04 bits per heavy atom. The van der Waals surface area contributed by atoms with Crippen molar-refractivity contribution in [1.82, 2.24) is 20.2 Å². The lowest BCUT2D eigenvalue weighted by atomic mass is 10.0. The summed E-state index contributed by atoms with van der Waals surface area (Å²) >= 11 is 5.94. The topological polar surface area (TPSA) is 91.2 Å². The standard InChI is InChI=1S/C20H21ClN4O3/c1-12-16(17-18(26)22-11-23-20(17)28-12)19(27)24-15-6-8-25(9-7-15)10-13-2-4-14(21)5-3-13/h2-5,11,15H,6-10H2,1H3,(H,24,27)(H,22,23,26). The summed E-state index contributed by atoms with van der Waals surface area (Å²) in [5.74, 6) is 0.114. The van der Waals surface area contributed by atoms with Gasteiger partial charge in [-0.1, -0.05) is 23.7 Å². The predicted octanol–water partition coefficient (Wildman–Crippen LogP) is 2.87. The van der Waals surface area contributed by atoms with Crippen molar-refractivity contribution in [3.8, 4) is 0 Å². The molecule has 0 bridgehead atoms. The fourth-order valence-electron chi connectivity index (χ4n) is 3.67. The van der Waals surface area contributed by atoms with Crippen molar-refractivity contribution >= 4 is 28.6 Å². The van der Waals surface area contributed by atoms with Crippen LogP contribution in [0.1, 0.15) is 34.5 Å². The molecule has 3 aromatic rings. The molecule has 8 heteroatoms. The molecular formula is C20H21ClN4O3. The van der Waals surface area contributed by atoms with E-state index in [2.05, 4.69) is 20.2 Å². The Bertz CT molecular complexity index is 1050. The largest absolute Gasteiger partial charge is 0.442 e. The number of aryl methyl sites for hydroxylation is 1. The van der Waals surface area contributed by atoms with Crippen molar-refractivity contribution in [2.45, 2.75) is 32.4 Å². The van der Waals surface area contributed by atoms with Crippen LogP contribution >= 0.6 is 11.6 Å². The van der Waals surface area contributed by atoms with E-state index in [0.717, 1.165) is 37.5 Å². The van der Waals surface area contributed by atoms with Gasteiger partial charge in [-0.3, -0.25) is 14.5 Å². The number of piperidine rings is 1. The van der Waals surface area contributed by atoms with Crippen molar-refractivity contribution in [2.24, 2.45) is 0 Å². The first-order valence-corrected chi connectivity index (χ1v) is 9.63. The van der Waals surface area contributed by atoms with Gasteiger partial charge >= 0.3 is 0 Å². The lowest BCUT2D eigenvalue weighted by Gasteiger charge is -2.32. The molecule has 1 aliphatic rings. The van der Waals surface area contributed by atoms with E-state index in [-0.39, 0.29) is 34.2 Å². The van der Waals surface area contributed by atoms with Gasteiger partial charge in [0.05, 0.1) is 11.9 Å². The zero-order chi connectivity index (χ0) is 19.7. The van der Waals surface area contributed by atoms with E-state index >= 15 is 0 Å². The van der Waals surface area contributed by atoms with E-state index in [1.54, 1.807) is 6.92 Å². The lowest BCUT2D eigenvalue weighted by Crippen LogP contribution is -2.44. The Kier molecular flexibility index (Phi) is 5.19. The molecule has 146 valence electrons. The maximum absolute atomic E-state index is 12.8. The zero-order valence-electron chi connectivity index (χ0n) is 15.5. The number of carbonyl (C=O) groups is 1. The minimum absolute atomic E-state index is 0.0640. The van der Waals surface area contributed by atoms with Crippen molar-refractivity contribution in [1.29, 1.82) is 0 Å². The van der Waals surface area contributed by atoms with Gasteiger partial charge in [-0.25, -0.2) is 4.98 Å². The fraction of sp³-hybridized carbons (Fsp3) is 0.350.